The molecule has 0 fully saturated rings. The molecule has 0 amide bonds. The van der Waals surface area contributed by atoms with Gasteiger partial charge in [0.05, 0.1) is 13.2 Å². The van der Waals surface area contributed by atoms with Gasteiger partial charge in [-0.05, 0) is 59.2 Å². The fourth-order valence-corrected chi connectivity index (χ4v) is 2.47. The summed E-state index contributed by atoms with van der Waals surface area (Å²) in [5.74, 6) is -1.69. The van der Waals surface area contributed by atoms with Gasteiger partial charge in [-0.25, -0.2) is 0 Å². The van der Waals surface area contributed by atoms with Crippen LogP contribution in [0, 0.1) is 5.92 Å². The van der Waals surface area contributed by atoms with Gasteiger partial charge in [-0.15, -0.1) is 0 Å². The maximum atomic E-state index is 11.9. The van der Waals surface area contributed by atoms with Crippen molar-refractivity contribution in [2.45, 2.75) is 59.8 Å². The van der Waals surface area contributed by atoms with Crippen molar-refractivity contribution >= 4 is 11.9 Å². The van der Waals surface area contributed by atoms with Crippen LogP contribution in [0.1, 0.15) is 59.8 Å². The van der Waals surface area contributed by atoms with Gasteiger partial charge in [0.2, 0.25) is 0 Å². The lowest BCUT2D eigenvalue weighted by Crippen LogP contribution is -2.29. The fourth-order valence-electron chi connectivity index (χ4n) is 2.47. The molecule has 0 aromatic rings. The van der Waals surface area contributed by atoms with Crippen molar-refractivity contribution < 1.29 is 19.1 Å². The molecule has 0 rings (SSSR count). The van der Waals surface area contributed by atoms with Gasteiger partial charge >= 0.3 is 11.9 Å². The molecule has 130 valence electrons. The van der Waals surface area contributed by atoms with E-state index in [1.54, 1.807) is 13.8 Å². The molecule has 0 saturated carbocycles. The molecule has 0 heterocycles. The van der Waals surface area contributed by atoms with Gasteiger partial charge < -0.3 is 14.4 Å². The summed E-state index contributed by atoms with van der Waals surface area (Å²) in [6, 6.07) is 0. The lowest BCUT2D eigenvalue weighted by atomic mass is 10.0. The topological polar surface area (TPSA) is 55.8 Å². The Morgan fingerprint density at radius 2 is 1.32 bits per heavy atom. The quantitative estimate of drug-likeness (QED) is 0.297. The molecule has 0 spiro atoms. The van der Waals surface area contributed by atoms with Gasteiger partial charge in [0, 0.05) is 0 Å². The van der Waals surface area contributed by atoms with Crippen LogP contribution in [0.15, 0.2) is 0 Å². The van der Waals surface area contributed by atoms with Gasteiger partial charge in [-0.1, -0.05) is 20.3 Å². The van der Waals surface area contributed by atoms with E-state index < -0.39 is 17.9 Å². The van der Waals surface area contributed by atoms with Gasteiger partial charge in [-0.3, -0.25) is 9.59 Å². The van der Waals surface area contributed by atoms with Crippen LogP contribution in [0.4, 0.5) is 0 Å². The smallest absolute Gasteiger partial charge is 0.320 e. The van der Waals surface area contributed by atoms with E-state index in [-0.39, 0.29) is 13.2 Å². The Labute approximate surface area is 135 Å². The standard InChI is InChI=1S/C17H33NO4/c1-5-12-18(13-6-2)14-10-9-11-15(16(19)21-7-3)17(20)22-8-4/h15H,5-14H2,1-4H3. The number of carbonyl (C=O) groups excluding carboxylic acids is 2. The van der Waals surface area contributed by atoms with Crippen molar-refractivity contribution in [3.8, 4) is 0 Å². The second kappa shape index (κ2) is 13.6. The third-order valence-corrected chi connectivity index (χ3v) is 3.44. The molecule has 0 aliphatic carbocycles. The van der Waals surface area contributed by atoms with E-state index in [1.165, 1.54) is 0 Å². The summed E-state index contributed by atoms with van der Waals surface area (Å²) in [5.41, 5.74) is 0. The fraction of sp³-hybridized carbons (Fsp3) is 0.882. The van der Waals surface area contributed by atoms with Crippen LogP contribution in [-0.2, 0) is 19.1 Å². The van der Waals surface area contributed by atoms with Crippen molar-refractivity contribution in [3.05, 3.63) is 0 Å². The van der Waals surface area contributed by atoms with Crippen LogP contribution >= 0.6 is 0 Å². The Hall–Kier alpha value is -1.10. The third kappa shape index (κ3) is 9.03. The predicted octanol–water partition coefficient (Wildman–Crippen LogP) is 3.02. The molecule has 0 aromatic carbocycles. The van der Waals surface area contributed by atoms with E-state index in [0.29, 0.717) is 6.42 Å². The van der Waals surface area contributed by atoms with E-state index in [1.807, 2.05) is 0 Å². The minimum Gasteiger partial charge on any atom is -0.465 e. The Morgan fingerprint density at radius 3 is 1.73 bits per heavy atom. The first-order valence-corrected chi connectivity index (χ1v) is 8.66. The monoisotopic (exact) mass is 315 g/mol. The molecule has 5 nitrogen and oxygen atoms in total. The zero-order valence-corrected chi connectivity index (χ0v) is 14.7. The maximum absolute atomic E-state index is 11.9. The first kappa shape index (κ1) is 20.9. The molecule has 0 aliphatic heterocycles. The van der Waals surface area contributed by atoms with Crippen LogP contribution in [0.5, 0.6) is 0 Å². The highest BCUT2D eigenvalue weighted by molar-refractivity contribution is 5.94. The molecule has 0 aromatic heterocycles. The normalized spacial score (nSPS) is 11.0. The molecule has 0 radical (unpaired) electrons. The van der Waals surface area contributed by atoms with Crippen molar-refractivity contribution in [2.24, 2.45) is 5.92 Å². The second-order valence-corrected chi connectivity index (χ2v) is 5.39. The summed E-state index contributed by atoms with van der Waals surface area (Å²) in [6.07, 6.45) is 4.61. The number of carbonyl (C=O) groups is 2. The molecular formula is C17H33NO4. The molecular weight excluding hydrogens is 282 g/mol. The Morgan fingerprint density at radius 1 is 0.818 bits per heavy atom. The van der Waals surface area contributed by atoms with E-state index in [2.05, 4.69) is 18.7 Å². The maximum Gasteiger partial charge on any atom is 0.320 e. The first-order valence-electron chi connectivity index (χ1n) is 8.66. The van der Waals surface area contributed by atoms with Crippen LogP contribution in [-0.4, -0.2) is 49.7 Å². The van der Waals surface area contributed by atoms with E-state index >= 15 is 0 Å². The average molecular weight is 315 g/mol. The lowest BCUT2D eigenvalue weighted by Gasteiger charge is -2.21. The van der Waals surface area contributed by atoms with Crippen LogP contribution < -0.4 is 0 Å². The van der Waals surface area contributed by atoms with Gasteiger partial charge in [0.1, 0.15) is 0 Å². The minimum absolute atomic E-state index is 0.287. The molecule has 0 saturated heterocycles. The highest BCUT2D eigenvalue weighted by Gasteiger charge is 2.28. The second-order valence-electron chi connectivity index (χ2n) is 5.39. The van der Waals surface area contributed by atoms with E-state index in [9.17, 15) is 9.59 Å². The van der Waals surface area contributed by atoms with Gasteiger partial charge in [0.15, 0.2) is 5.92 Å². The largest absolute Gasteiger partial charge is 0.465 e. The number of hydrogen-bond donors (Lipinski definition) is 0. The summed E-state index contributed by atoms with van der Waals surface area (Å²) in [5, 5.41) is 0. The first-order chi connectivity index (χ1) is 10.6. The summed E-state index contributed by atoms with van der Waals surface area (Å²) >= 11 is 0. The summed E-state index contributed by atoms with van der Waals surface area (Å²) in [6.45, 7) is 11.6. The highest BCUT2D eigenvalue weighted by Crippen LogP contribution is 2.14. The zero-order valence-electron chi connectivity index (χ0n) is 14.7. The van der Waals surface area contributed by atoms with Gasteiger partial charge in [0.25, 0.3) is 0 Å². The number of rotatable bonds is 13. The molecule has 0 N–H and O–H groups in total. The average Bonchev–Trinajstić information content (AvgIpc) is 2.47. The molecule has 0 aliphatic rings. The summed E-state index contributed by atoms with van der Waals surface area (Å²) in [7, 11) is 0. The van der Waals surface area contributed by atoms with E-state index in [4.69, 9.17) is 9.47 Å². The Bertz CT molecular complexity index is 283. The molecule has 0 atom stereocenters. The molecule has 5 heteroatoms. The van der Waals surface area contributed by atoms with E-state index in [0.717, 1.165) is 45.3 Å². The molecule has 22 heavy (non-hydrogen) atoms. The number of ether oxygens (including phenoxy) is 2. The Balaban J connectivity index is 4.26. The van der Waals surface area contributed by atoms with Crippen LogP contribution in [0.3, 0.4) is 0 Å². The minimum atomic E-state index is -0.772. The summed E-state index contributed by atoms with van der Waals surface area (Å²) in [4.78, 5) is 26.2. The SMILES string of the molecule is CCCN(CCC)CCCCC(C(=O)OCC)C(=O)OCC. The highest BCUT2D eigenvalue weighted by atomic mass is 16.6. The van der Waals surface area contributed by atoms with Crippen LogP contribution in [0.2, 0.25) is 0 Å². The van der Waals surface area contributed by atoms with Crippen molar-refractivity contribution in [3.63, 3.8) is 0 Å². The van der Waals surface area contributed by atoms with Crippen LogP contribution in [0.25, 0.3) is 0 Å². The number of unbranched alkanes of at least 4 members (excludes halogenated alkanes) is 1. The molecule has 0 bridgehead atoms. The number of hydrogen-bond acceptors (Lipinski definition) is 5. The predicted molar refractivity (Wildman–Crippen MR) is 87.6 cm³/mol. The third-order valence-electron chi connectivity index (χ3n) is 3.44. The molecule has 0 unspecified atom stereocenters. The lowest BCUT2D eigenvalue weighted by molar-refractivity contribution is -0.161. The Kier molecular flexibility index (Phi) is 12.9. The number of nitrogens with zero attached hydrogens (tertiary/aromatic N) is 1. The van der Waals surface area contributed by atoms with Crippen molar-refractivity contribution in [1.29, 1.82) is 0 Å². The van der Waals surface area contributed by atoms with Gasteiger partial charge in [-0.2, -0.15) is 0 Å². The number of esters is 2. The van der Waals surface area contributed by atoms with Crippen molar-refractivity contribution in [1.82, 2.24) is 4.90 Å². The summed E-state index contributed by atoms with van der Waals surface area (Å²) < 4.78 is 9.95. The zero-order chi connectivity index (χ0) is 16.8. The van der Waals surface area contributed by atoms with Crippen molar-refractivity contribution in [2.75, 3.05) is 32.8 Å².